The first-order chi connectivity index (χ1) is 9.74. The minimum absolute atomic E-state index is 0.0903. The van der Waals surface area contributed by atoms with Crippen molar-refractivity contribution in [3.05, 3.63) is 47.2 Å². The van der Waals surface area contributed by atoms with Gasteiger partial charge in [0.15, 0.2) is 11.5 Å². The van der Waals surface area contributed by atoms with Gasteiger partial charge in [0, 0.05) is 12.2 Å². The third-order valence-electron chi connectivity index (χ3n) is 3.21. The third kappa shape index (κ3) is 2.65. The highest BCUT2D eigenvalue weighted by Gasteiger charge is 2.15. The number of hydrogen-bond acceptors (Lipinski definition) is 4. The minimum Gasteiger partial charge on any atom is -0.486 e. The highest BCUT2D eigenvalue weighted by atomic mass is 35.5. The van der Waals surface area contributed by atoms with Gasteiger partial charge in [0.2, 0.25) is 0 Å². The van der Waals surface area contributed by atoms with Gasteiger partial charge in [-0.25, -0.2) is 0 Å². The Bertz CT molecular complexity index is 619. The maximum Gasteiger partial charge on any atom is 0.161 e. The molecule has 5 heteroatoms. The maximum atomic E-state index is 6.12. The Kier molecular flexibility index (Phi) is 3.65. The van der Waals surface area contributed by atoms with Crippen molar-refractivity contribution < 1.29 is 9.47 Å². The number of rotatable bonds is 3. The number of nitrogens with zero attached hydrogens (tertiary/aromatic N) is 1. The van der Waals surface area contributed by atoms with Crippen LogP contribution in [0, 0.1) is 0 Å². The van der Waals surface area contributed by atoms with E-state index in [1.165, 1.54) is 0 Å². The van der Waals surface area contributed by atoms with Crippen molar-refractivity contribution in [2.75, 3.05) is 18.5 Å². The second-order valence-corrected chi connectivity index (χ2v) is 5.03. The zero-order valence-corrected chi connectivity index (χ0v) is 11.9. The Balaban J connectivity index is 1.80. The van der Waals surface area contributed by atoms with Gasteiger partial charge in [-0.05, 0) is 30.7 Å². The summed E-state index contributed by atoms with van der Waals surface area (Å²) in [6.45, 7) is 3.26. The predicted octanol–water partition coefficient (Wildman–Crippen LogP) is 3.68. The molecule has 0 radical (unpaired) electrons. The lowest BCUT2D eigenvalue weighted by Crippen LogP contribution is -2.16. The lowest BCUT2D eigenvalue weighted by Gasteiger charge is -2.21. The second-order valence-electron chi connectivity index (χ2n) is 4.62. The Morgan fingerprint density at radius 3 is 2.80 bits per heavy atom. The van der Waals surface area contributed by atoms with Gasteiger partial charge < -0.3 is 14.8 Å². The van der Waals surface area contributed by atoms with Crippen LogP contribution in [-0.2, 0) is 0 Å². The van der Waals surface area contributed by atoms with E-state index >= 15 is 0 Å². The number of halogens is 1. The van der Waals surface area contributed by atoms with Gasteiger partial charge in [-0.3, -0.25) is 4.98 Å². The van der Waals surface area contributed by atoms with E-state index in [0.717, 1.165) is 22.7 Å². The largest absolute Gasteiger partial charge is 0.486 e. The zero-order valence-electron chi connectivity index (χ0n) is 11.1. The van der Waals surface area contributed by atoms with Crippen molar-refractivity contribution in [3.63, 3.8) is 0 Å². The number of anilines is 1. The topological polar surface area (TPSA) is 43.4 Å². The highest BCUT2D eigenvalue weighted by Crippen LogP contribution is 2.34. The SMILES string of the molecule is CC(Nc1cnccc1Cl)c1ccc2c(c1)OCCO2. The van der Waals surface area contributed by atoms with Gasteiger partial charge in [-0.1, -0.05) is 17.7 Å². The summed E-state index contributed by atoms with van der Waals surface area (Å²) in [4.78, 5) is 4.07. The smallest absolute Gasteiger partial charge is 0.161 e. The fourth-order valence-electron chi connectivity index (χ4n) is 2.13. The molecule has 0 amide bonds. The van der Waals surface area contributed by atoms with E-state index in [-0.39, 0.29) is 6.04 Å². The minimum atomic E-state index is 0.0903. The van der Waals surface area contributed by atoms with Crippen LogP contribution in [0.5, 0.6) is 11.5 Å². The monoisotopic (exact) mass is 290 g/mol. The van der Waals surface area contributed by atoms with Crippen molar-refractivity contribution in [1.82, 2.24) is 4.98 Å². The van der Waals surface area contributed by atoms with Gasteiger partial charge in [0.25, 0.3) is 0 Å². The number of aromatic nitrogens is 1. The molecule has 1 aliphatic rings. The normalized spacial score (nSPS) is 14.7. The van der Waals surface area contributed by atoms with Crippen LogP contribution in [0.25, 0.3) is 0 Å². The van der Waals surface area contributed by atoms with E-state index in [1.54, 1.807) is 18.5 Å². The molecule has 0 aliphatic carbocycles. The molecule has 20 heavy (non-hydrogen) atoms. The van der Waals surface area contributed by atoms with E-state index in [9.17, 15) is 0 Å². The quantitative estimate of drug-likeness (QED) is 0.936. The van der Waals surface area contributed by atoms with Crippen molar-refractivity contribution in [2.45, 2.75) is 13.0 Å². The van der Waals surface area contributed by atoms with Crippen molar-refractivity contribution in [2.24, 2.45) is 0 Å². The number of fused-ring (bicyclic) bond motifs is 1. The lowest BCUT2D eigenvalue weighted by atomic mass is 10.1. The van der Waals surface area contributed by atoms with Gasteiger partial charge in [-0.2, -0.15) is 0 Å². The first-order valence-corrected chi connectivity index (χ1v) is 6.87. The van der Waals surface area contributed by atoms with Gasteiger partial charge in [-0.15, -0.1) is 0 Å². The molecule has 1 aliphatic heterocycles. The molecular formula is C15H15ClN2O2. The van der Waals surface area contributed by atoms with Gasteiger partial charge >= 0.3 is 0 Å². The molecule has 0 saturated carbocycles. The molecular weight excluding hydrogens is 276 g/mol. The second kappa shape index (κ2) is 5.59. The number of nitrogens with one attached hydrogen (secondary N) is 1. The van der Waals surface area contributed by atoms with Crippen LogP contribution in [0.1, 0.15) is 18.5 Å². The maximum absolute atomic E-state index is 6.12. The lowest BCUT2D eigenvalue weighted by molar-refractivity contribution is 0.171. The van der Waals surface area contributed by atoms with Crippen LogP contribution in [0.15, 0.2) is 36.7 Å². The van der Waals surface area contributed by atoms with Crippen LogP contribution in [0.3, 0.4) is 0 Å². The molecule has 2 heterocycles. The number of benzene rings is 1. The molecule has 0 spiro atoms. The summed E-state index contributed by atoms with van der Waals surface area (Å²) in [6.07, 6.45) is 3.39. The summed E-state index contributed by atoms with van der Waals surface area (Å²) in [5.41, 5.74) is 1.92. The van der Waals surface area contributed by atoms with Crippen LogP contribution in [0.2, 0.25) is 5.02 Å². The molecule has 4 nitrogen and oxygen atoms in total. The van der Waals surface area contributed by atoms with Crippen LogP contribution >= 0.6 is 11.6 Å². The molecule has 2 aromatic rings. The molecule has 0 bridgehead atoms. The molecule has 1 N–H and O–H groups in total. The first kappa shape index (κ1) is 13.1. The van der Waals surface area contributed by atoms with Crippen LogP contribution in [-0.4, -0.2) is 18.2 Å². The predicted molar refractivity (Wildman–Crippen MR) is 78.7 cm³/mol. The highest BCUT2D eigenvalue weighted by molar-refractivity contribution is 6.33. The van der Waals surface area contributed by atoms with Crippen LogP contribution < -0.4 is 14.8 Å². The van der Waals surface area contributed by atoms with Gasteiger partial charge in [0.1, 0.15) is 13.2 Å². The van der Waals surface area contributed by atoms with Crippen molar-refractivity contribution in [1.29, 1.82) is 0 Å². The summed E-state index contributed by atoms with van der Waals surface area (Å²) in [5.74, 6) is 1.59. The summed E-state index contributed by atoms with van der Waals surface area (Å²) in [6, 6.07) is 7.81. The molecule has 0 fully saturated rings. The standard InChI is InChI=1S/C15H15ClN2O2/c1-10(18-13-9-17-5-4-12(13)16)11-2-3-14-15(8-11)20-7-6-19-14/h2-5,8-10,18H,6-7H2,1H3. The third-order valence-corrected chi connectivity index (χ3v) is 3.54. The average molecular weight is 291 g/mol. The number of hydrogen-bond donors (Lipinski definition) is 1. The molecule has 0 saturated heterocycles. The Hall–Kier alpha value is -1.94. The Labute approximate surface area is 122 Å². The molecule has 1 unspecified atom stereocenters. The van der Waals surface area contributed by atoms with Crippen molar-refractivity contribution in [3.8, 4) is 11.5 Å². The van der Waals surface area contributed by atoms with E-state index in [0.29, 0.717) is 18.2 Å². The molecule has 1 atom stereocenters. The fraction of sp³-hybridized carbons (Fsp3) is 0.267. The molecule has 104 valence electrons. The van der Waals surface area contributed by atoms with E-state index in [4.69, 9.17) is 21.1 Å². The van der Waals surface area contributed by atoms with E-state index in [1.807, 2.05) is 18.2 Å². The Morgan fingerprint density at radius 2 is 2.00 bits per heavy atom. The first-order valence-electron chi connectivity index (χ1n) is 6.49. The summed E-state index contributed by atoms with van der Waals surface area (Å²) in [7, 11) is 0. The molecule has 1 aromatic heterocycles. The fourth-order valence-corrected chi connectivity index (χ4v) is 2.29. The number of ether oxygens (including phenoxy) is 2. The van der Waals surface area contributed by atoms with E-state index in [2.05, 4.69) is 17.2 Å². The number of pyridine rings is 1. The summed E-state index contributed by atoms with van der Waals surface area (Å²) >= 11 is 6.12. The molecule has 3 rings (SSSR count). The average Bonchev–Trinajstić information content (AvgIpc) is 2.49. The summed E-state index contributed by atoms with van der Waals surface area (Å²) in [5, 5.41) is 4.00. The summed E-state index contributed by atoms with van der Waals surface area (Å²) < 4.78 is 11.1. The van der Waals surface area contributed by atoms with Crippen LogP contribution in [0.4, 0.5) is 5.69 Å². The van der Waals surface area contributed by atoms with Crippen molar-refractivity contribution >= 4 is 17.3 Å². The van der Waals surface area contributed by atoms with Gasteiger partial charge in [0.05, 0.1) is 16.9 Å². The zero-order chi connectivity index (χ0) is 13.9. The molecule has 1 aromatic carbocycles. The van der Waals surface area contributed by atoms with E-state index < -0.39 is 0 Å². The Morgan fingerprint density at radius 1 is 1.20 bits per heavy atom.